The smallest absolute Gasteiger partial charge is 0.271 e. The van der Waals surface area contributed by atoms with Crippen LogP contribution >= 0.6 is 0 Å². The molecule has 1 N–H and O–H groups in total. The Bertz CT molecular complexity index is 677. The van der Waals surface area contributed by atoms with Crippen LogP contribution in [0.1, 0.15) is 34.4 Å². The Hall–Kier alpha value is -2.14. The molecule has 3 rings (SSSR count). The van der Waals surface area contributed by atoms with Crippen molar-refractivity contribution in [2.24, 2.45) is 0 Å². The summed E-state index contributed by atoms with van der Waals surface area (Å²) in [5.41, 5.74) is 2.82. The number of nitrogens with one attached hydrogen (secondary N) is 1. The molecular weight excluding hydrogens is 276 g/mol. The standard InChI is InChI=1S/C17H22N4O/c1-3-20-7-8-21-11-15(19-16(21)12-20)17(22)18-10-14-6-4-5-13(2)9-14/h4-6,9,11H,3,7-8,10,12H2,1-2H3,(H,18,22). The maximum absolute atomic E-state index is 12.3. The number of aryl methyl sites for hydroxylation is 1. The van der Waals surface area contributed by atoms with Crippen molar-refractivity contribution in [2.45, 2.75) is 33.5 Å². The number of aromatic nitrogens is 2. The molecule has 0 radical (unpaired) electrons. The molecular formula is C17H22N4O. The van der Waals surface area contributed by atoms with Crippen molar-refractivity contribution in [3.63, 3.8) is 0 Å². The predicted molar refractivity (Wildman–Crippen MR) is 85.5 cm³/mol. The van der Waals surface area contributed by atoms with E-state index in [0.717, 1.165) is 37.6 Å². The molecule has 1 amide bonds. The zero-order valence-electron chi connectivity index (χ0n) is 13.2. The van der Waals surface area contributed by atoms with Crippen LogP contribution in [0.5, 0.6) is 0 Å². The first-order chi connectivity index (χ1) is 10.7. The number of likely N-dealkylation sites (N-methyl/N-ethyl adjacent to an activating group) is 1. The van der Waals surface area contributed by atoms with E-state index < -0.39 is 0 Å². The van der Waals surface area contributed by atoms with Crippen LogP contribution in [-0.4, -0.2) is 33.4 Å². The largest absolute Gasteiger partial charge is 0.347 e. The SMILES string of the molecule is CCN1CCn2cc(C(=O)NCc3cccc(C)c3)nc2C1. The van der Waals surface area contributed by atoms with Crippen molar-refractivity contribution in [1.82, 2.24) is 19.8 Å². The number of benzene rings is 1. The number of hydrogen-bond acceptors (Lipinski definition) is 3. The van der Waals surface area contributed by atoms with E-state index in [1.807, 2.05) is 31.3 Å². The summed E-state index contributed by atoms with van der Waals surface area (Å²) in [5.74, 6) is 0.875. The fraction of sp³-hybridized carbons (Fsp3) is 0.412. The first-order valence-corrected chi connectivity index (χ1v) is 7.78. The van der Waals surface area contributed by atoms with E-state index in [0.29, 0.717) is 12.2 Å². The lowest BCUT2D eigenvalue weighted by atomic mass is 10.1. The van der Waals surface area contributed by atoms with E-state index >= 15 is 0 Å². The number of hydrogen-bond donors (Lipinski definition) is 1. The molecule has 0 aliphatic carbocycles. The van der Waals surface area contributed by atoms with E-state index in [-0.39, 0.29) is 5.91 Å². The van der Waals surface area contributed by atoms with Crippen molar-refractivity contribution < 1.29 is 4.79 Å². The minimum Gasteiger partial charge on any atom is -0.347 e. The quantitative estimate of drug-likeness (QED) is 0.938. The Morgan fingerprint density at radius 3 is 3.00 bits per heavy atom. The van der Waals surface area contributed by atoms with Crippen molar-refractivity contribution in [2.75, 3.05) is 13.1 Å². The number of imidazole rings is 1. The Morgan fingerprint density at radius 2 is 2.23 bits per heavy atom. The van der Waals surface area contributed by atoms with E-state index in [9.17, 15) is 4.79 Å². The fourth-order valence-corrected chi connectivity index (χ4v) is 2.78. The third-order valence-corrected chi connectivity index (χ3v) is 4.10. The molecule has 1 aliphatic heterocycles. The third-order valence-electron chi connectivity index (χ3n) is 4.10. The number of fused-ring (bicyclic) bond motifs is 1. The zero-order chi connectivity index (χ0) is 15.5. The predicted octanol–water partition coefficient (Wildman–Crippen LogP) is 1.96. The summed E-state index contributed by atoms with van der Waals surface area (Å²) in [4.78, 5) is 19.1. The maximum atomic E-state index is 12.3. The van der Waals surface area contributed by atoms with Gasteiger partial charge in [-0.1, -0.05) is 36.8 Å². The van der Waals surface area contributed by atoms with Crippen LogP contribution in [0, 0.1) is 6.92 Å². The highest BCUT2D eigenvalue weighted by molar-refractivity contribution is 5.92. The molecule has 0 spiro atoms. The van der Waals surface area contributed by atoms with Crippen LogP contribution in [0.4, 0.5) is 0 Å². The second-order valence-corrected chi connectivity index (χ2v) is 5.78. The molecule has 0 saturated carbocycles. The molecule has 22 heavy (non-hydrogen) atoms. The number of amides is 1. The van der Waals surface area contributed by atoms with Gasteiger partial charge in [0.25, 0.3) is 5.91 Å². The average molecular weight is 298 g/mol. The Morgan fingerprint density at radius 1 is 1.36 bits per heavy atom. The van der Waals surface area contributed by atoms with Crippen molar-refractivity contribution in [1.29, 1.82) is 0 Å². The van der Waals surface area contributed by atoms with Crippen molar-refractivity contribution in [3.8, 4) is 0 Å². The van der Waals surface area contributed by atoms with E-state index in [1.165, 1.54) is 5.56 Å². The van der Waals surface area contributed by atoms with E-state index in [2.05, 4.69) is 32.8 Å². The van der Waals surface area contributed by atoms with Gasteiger partial charge in [0, 0.05) is 25.8 Å². The normalized spacial score (nSPS) is 14.6. The first-order valence-electron chi connectivity index (χ1n) is 7.78. The van der Waals surface area contributed by atoms with Crippen LogP contribution in [0.2, 0.25) is 0 Å². The lowest BCUT2D eigenvalue weighted by Crippen LogP contribution is -2.33. The highest BCUT2D eigenvalue weighted by Gasteiger charge is 2.19. The Labute approximate surface area is 131 Å². The second kappa shape index (κ2) is 6.32. The van der Waals surface area contributed by atoms with Crippen LogP contribution in [0.25, 0.3) is 0 Å². The molecule has 5 nitrogen and oxygen atoms in total. The van der Waals surface area contributed by atoms with Gasteiger partial charge >= 0.3 is 0 Å². The van der Waals surface area contributed by atoms with E-state index in [4.69, 9.17) is 0 Å². The number of rotatable bonds is 4. The summed E-state index contributed by atoms with van der Waals surface area (Å²) in [7, 11) is 0. The van der Waals surface area contributed by atoms with Crippen LogP contribution < -0.4 is 5.32 Å². The number of nitrogens with zero attached hydrogens (tertiary/aromatic N) is 3. The zero-order valence-corrected chi connectivity index (χ0v) is 13.2. The van der Waals surface area contributed by atoms with E-state index in [1.54, 1.807) is 0 Å². The summed E-state index contributed by atoms with van der Waals surface area (Å²) >= 11 is 0. The third kappa shape index (κ3) is 3.20. The molecule has 116 valence electrons. The molecule has 2 heterocycles. The second-order valence-electron chi connectivity index (χ2n) is 5.78. The van der Waals surface area contributed by atoms with Gasteiger partial charge in [-0.3, -0.25) is 9.69 Å². The minimum absolute atomic E-state index is 0.105. The summed E-state index contributed by atoms with van der Waals surface area (Å²) in [6, 6.07) is 8.15. The Balaban J connectivity index is 1.65. The van der Waals surface area contributed by atoms with Gasteiger partial charge in [0.2, 0.25) is 0 Å². The highest BCUT2D eigenvalue weighted by atomic mass is 16.1. The average Bonchev–Trinajstić information content (AvgIpc) is 2.95. The van der Waals surface area contributed by atoms with Gasteiger partial charge in [-0.2, -0.15) is 0 Å². The van der Waals surface area contributed by atoms with Gasteiger partial charge < -0.3 is 9.88 Å². The van der Waals surface area contributed by atoms with Crippen molar-refractivity contribution >= 4 is 5.91 Å². The highest BCUT2D eigenvalue weighted by Crippen LogP contribution is 2.12. The van der Waals surface area contributed by atoms with Gasteiger partial charge in [-0.25, -0.2) is 4.98 Å². The molecule has 0 unspecified atom stereocenters. The molecule has 0 atom stereocenters. The van der Waals surface area contributed by atoms with Gasteiger partial charge in [0.15, 0.2) is 0 Å². The summed E-state index contributed by atoms with van der Waals surface area (Å²) < 4.78 is 2.09. The fourth-order valence-electron chi connectivity index (χ4n) is 2.78. The number of carbonyl (C=O) groups is 1. The van der Waals surface area contributed by atoms with Gasteiger partial charge in [0.1, 0.15) is 11.5 Å². The monoisotopic (exact) mass is 298 g/mol. The van der Waals surface area contributed by atoms with Crippen LogP contribution in [-0.2, 0) is 19.6 Å². The lowest BCUT2D eigenvalue weighted by molar-refractivity contribution is 0.0946. The molecule has 5 heteroatoms. The molecule has 1 aromatic carbocycles. The Kier molecular flexibility index (Phi) is 4.24. The minimum atomic E-state index is -0.105. The van der Waals surface area contributed by atoms with Gasteiger partial charge in [-0.15, -0.1) is 0 Å². The lowest BCUT2D eigenvalue weighted by Gasteiger charge is -2.25. The summed E-state index contributed by atoms with van der Waals surface area (Å²) in [6.07, 6.45) is 1.87. The first kappa shape index (κ1) is 14.8. The van der Waals surface area contributed by atoms with Crippen LogP contribution in [0.3, 0.4) is 0 Å². The molecule has 0 bridgehead atoms. The molecule has 2 aromatic rings. The molecule has 1 aliphatic rings. The number of carbonyl (C=O) groups excluding carboxylic acids is 1. The van der Waals surface area contributed by atoms with Gasteiger partial charge in [0.05, 0.1) is 6.54 Å². The molecule has 0 fully saturated rings. The maximum Gasteiger partial charge on any atom is 0.271 e. The molecule has 1 aromatic heterocycles. The topological polar surface area (TPSA) is 50.2 Å². The van der Waals surface area contributed by atoms with Gasteiger partial charge in [-0.05, 0) is 19.0 Å². The summed E-state index contributed by atoms with van der Waals surface area (Å²) in [5, 5.41) is 2.95. The molecule has 0 saturated heterocycles. The van der Waals surface area contributed by atoms with Crippen LogP contribution in [0.15, 0.2) is 30.5 Å². The summed E-state index contributed by atoms with van der Waals surface area (Å²) in [6.45, 7) is 8.49. The van der Waals surface area contributed by atoms with Crippen molar-refractivity contribution in [3.05, 3.63) is 53.1 Å².